The molecule has 0 aliphatic rings. The zero-order valence-corrected chi connectivity index (χ0v) is 13.0. The average Bonchev–Trinajstić information content (AvgIpc) is 2.36. The van der Waals surface area contributed by atoms with Crippen molar-refractivity contribution in [3.63, 3.8) is 0 Å². The van der Waals surface area contributed by atoms with Crippen LogP contribution in [0.5, 0.6) is 0 Å². The number of aromatic nitrogens is 2. The van der Waals surface area contributed by atoms with Crippen LogP contribution in [0.1, 0.15) is 39.8 Å². The summed E-state index contributed by atoms with van der Waals surface area (Å²) in [5.41, 5.74) is 1.01. The maximum Gasteiger partial charge on any atom is 0.147 e. The predicted molar refractivity (Wildman–Crippen MR) is 81.3 cm³/mol. The lowest BCUT2D eigenvalue weighted by molar-refractivity contribution is 0.547. The lowest BCUT2D eigenvalue weighted by Crippen LogP contribution is -2.23. The van der Waals surface area contributed by atoms with Gasteiger partial charge in [0.05, 0.1) is 11.9 Å². The molecule has 4 heteroatoms. The smallest absolute Gasteiger partial charge is 0.147 e. The molecule has 0 aliphatic carbocycles. The molecule has 0 aromatic carbocycles. The first kappa shape index (κ1) is 15.9. The highest BCUT2D eigenvalue weighted by molar-refractivity contribution is 5.34. The molecule has 0 bridgehead atoms. The molecule has 0 saturated heterocycles. The van der Waals surface area contributed by atoms with Gasteiger partial charge in [0.15, 0.2) is 0 Å². The Morgan fingerprint density at radius 1 is 1.16 bits per heavy atom. The summed E-state index contributed by atoms with van der Waals surface area (Å²) < 4.78 is 0. The van der Waals surface area contributed by atoms with Crippen LogP contribution in [0.2, 0.25) is 0 Å². The second kappa shape index (κ2) is 8.10. The molecule has 0 amide bonds. The summed E-state index contributed by atoms with van der Waals surface area (Å²) >= 11 is 0. The molecule has 4 nitrogen and oxygen atoms in total. The van der Waals surface area contributed by atoms with Crippen LogP contribution in [0.15, 0.2) is 12.4 Å². The number of anilines is 1. The molecule has 0 saturated carbocycles. The highest BCUT2D eigenvalue weighted by atomic mass is 15.2. The minimum Gasteiger partial charge on any atom is -0.358 e. The molecule has 0 atom stereocenters. The quantitative estimate of drug-likeness (QED) is 0.784. The SMILES string of the molecule is CC(C)CCN(C)c1cncc(CNCC(C)C)n1. The number of nitrogens with zero attached hydrogens (tertiary/aromatic N) is 3. The normalized spacial score (nSPS) is 11.3. The third kappa shape index (κ3) is 6.53. The fraction of sp³-hybridized carbons (Fsp3) is 0.733. The monoisotopic (exact) mass is 264 g/mol. The van der Waals surface area contributed by atoms with Gasteiger partial charge in [-0.05, 0) is 24.8 Å². The molecular formula is C15H28N4. The molecule has 0 radical (unpaired) electrons. The Hall–Kier alpha value is -1.16. The van der Waals surface area contributed by atoms with Gasteiger partial charge in [-0.25, -0.2) is 4.98 Å². The third-order valence-electron chi connectivity index (χ3n) is 2.96. The van der Waals surface area contributed by atoms with E-state index < -0.39 is 0 Å². The largest absolute Gasteiger partial charge is 0.358 e. The van der Waals surface area contributed by atoms with Gasteiger partial charge in [-0.15, -0.1) is 0 Å². The fourth-order valence-corrected chi connectivity index (χ4v) is 1.72. The fourth-order valence-electron chi connectivity index (χ4n) is 1.72. The van der Waals surface area contributed by atoms with Gasteiger partial charge in [0.2, 0.25) is 0 Å². The summed E-state index contributed by atoms with van der Waals surface area (Å²) in [4.78, 5) is 11.1. The van der Waals surface area contributed by atoms with E-state index in [9.17, 15) is 0 Å². The van der Waals surface area contributed by atoms with Gasteiger partial charge < -0.3 is 10.2 Å². The first-order valence-electron chi connectivity index (χ1n) is 7.21. The summed E-state index contributed by atoms with van der Waals surface area (Å²) in [6, 6.07) is 0. The van der Waals surface area contributed by atoms with Gasteiger partial charge in [0, 0.05) is 26.3 Å². The molecule has 1 aromatic heterocycles. The van der Waals surface area contributed by atoms with Crippen molar-refractivity contribution in [2.24, 2.45) is 11.8 Å². The summed E-state index contributed by atoms with van der Waals surface area (Å²) in [6.45, 7) is 11.7. The standard InChI is InChI=1S/C15H28N4/c1-12(2)6-7-19(5)15-11-17-10-14(18-15)9-16-8-13(3)4/h10-13,16H,6-9H2,1-5H3. The Morgan fingerprint density at radius 2 is 1.89 bits per heavy atom. The molecule has 1 N–H and O–H groups in total. The lowest BCUT2D eigenvalue weighted by Gasteiger charge is -2.19. The number of nitrogens with one attached hydrogen (secondary N) is 1. The first-order valence-corrected chi connectivity index (χ1v) is 7.21. The second-order valence-electron chi connectivity index (χ2n) is 6.00. The summed E-state index contributed by atoms with van der Waals surface area (Å²) in [5.74, 6) is 2.33. The summed E-state index contributed by atoms with van der Waals surface area (Å²) in [6.07, 6.45) is 4.85. The van der Waals surface area contributed by atoms with Crippen LogP contribution in [0.4, 0.5) is 5.82 Å². The molecule has 1 aromatic rings. The minimum absolute atomic E-state index is 0.657. The molecule has 19 heavy (non-hydrogen) atoms. The Balaban J connectivity index is 2.51. The van der Waals surface area contributed by atoms with Crippen LogP contribution in [-0.4, -0.2) is 30.1 Å². The van der Waals surface area contributed by atoms with Crippen molar-refractivity contribution < 1.29 is 0 Å². The van der Waals surface area contributed by atoms with E-state index in [1.807, 2.05) is 12.4 Å². The maximum absolute atomic E-state index is 4.65. The molecule has 1 rings (SSSR count). The minimum atomic E-state index is 0.657. The van der Waals surface area contributed by atoms with E-state index in [0.29, 0.717) is 11.8 Å². The van der Waals surface area contributed by atoms with Crippen molar-refractivity contribution in [1.29, 1.82) is 0 Å². The highest BCUT2D eigenvalue weighted by Crippen LogP contribution is 2.10. The predicted octanol–water partition coefficient (Wildman–Crippen LogP) is 2.70. The van der Waals surface area contributed by atoms with E-state index in [2.05, 4.69) is 54.9 Å². The van der Waals surface area contributed by atoms with Gasteiger partial charge in [0.25, 0.3) is 0 Å². The van der Waals surface area contributed by atoms with Crippen molar-refractivity contribution in [2.75, 3.05) is 25.0 Å². The number of hydrogen-bond donors (Lipinski definition) is 1. The van der Waals surface area contributed by atoms with Crippen LogP contribution < -0.4 is 10.2 Å². The molecule has 108 valence electrons. The van der Waals surface area contributed by atoms with Crippen LogP contribution in [0.3, 0.4) is 0 Å². The number of hydrogen-bond acceptors (Lipinski definition) is 4. The molecule has 0 aliphatic heterocycles. The Labute approximate surface area is 117 Å². The molecule has 0 fully saturated rings. The van der Waals surface area contributed by atoms with E-state index in [1.165, 1.54) is 6.42 Å². The topological polar surface area (TPSA) is 41.1 Å². The van der Waals surface area contributed by atoms with Gasteiger partial charge in [-0.1, -0.05) is 27.7 Å². The van der Waals surface area contributed by atoms with E-state index in [1.54, 1.807) is 0 Å². The Bertz CT molecular complexity index is 363. The average molecular weight is 264 g/mol. The zero-order valence-electron chi connectivity index (χ0n) is 13.0. The molecular weight excluding hydrogens is 236 g/mol. The molecule has 0 spiro atoms. The van der Waals surface area contributed by atoms with Gasteiger partial charge >= 0.3 is 0 Å². The highest BCUT2D eigenvalue weighted by Gasteiger charge is 2.05. The van der Waals surface area contributed by atoms with Crippen molar-refractivity contribution in [3.05, 3.63) is 18.1 Å². The van der Waals surface area contributed by atoms with Crippen LogP contribution in [-0.2, 0) is 6.54 Å². The van der Waals surface area contributed by atoms with Gasteiger partial charge in [-0.3, -0.25) is 4.98 Å². The van der Waals surface area contributed by atoms with E-state index >= 15 is 0 Å². The van der Waals surface area contributed by atoms with Crippen LogP contribution >= 0.6 is 0 Å². The lowest BCUT2D eigenvalue weighted by atomic mass is 10.1. The van der Waals surface area contributed by atoms with Crippen LogP contribution in [0, 0.1) is 11.8 Å². The van der Waals surface area contributed by atoms with Crippen molar-refractivity contribution in [2.45, 2.75) is 40.7 Å². The van der Waals surface area contributed by atoms with E-state index in [0.717, 1.165) is 31.1 Å². The summed E-state index contributed by atoms with van der Waals surface area (Å²) in [7, 11) is 2.08. The first-order chi connectivity index (χ1) is 8.99. The summed E-state index contributed by atoms with van der Waals surface area (Å²) in [5, 5.41) is 3.40. The zero-order chi connectivity index (χ0) is 14.3. The second-order valence-corrected chi connectivity index (χ2v) is 6.00. The van der Waals surface area contributed by atoms with Crippen molar-refractivity contribution in [3.8, 4) is 0 Å². The van der Waals surface area contributed by atoms with Crippen molar-refractivity contribution >= 4 is 5.82 Å². The maximum atomic E-state index is 4.65. The Kier molecular flexibility index (Phi) is 6.78. The Morgan fingerprint density at radius 3 is 2.53 bits per heavy atom. The van der Waals surface area contributed by atoms with Gasteiger partial charge in [0.1, 0.15) is 5.82 Å². The van der Waals surface area contributed by atoms with Crippen LogP contribution in [0.25, 0.3) is 0 Å². The third-order valence-corrected chi connectivity index (χ3v) is 2.96. The number of rotatable bonds is 8. The van der Waals surface area contributed by atoms with E-state index in [4.69, 9.17) is 0 Å². The molecule has 0 unspecified atom stereocenters. The van der Waals surface area contributed by atoms with E-state index in [-0.39, 0.29) is 0 Å². The van der Waals surface area contributed by atoms with Crippen molar-refractivity contribution in [1.82, 2.24) is 15.3 Å². The van der Waals surface area contributed by atoms with Gasteiger partial charge in [-0.2, -0.15) is 0 Å². The molecule has 1 heterocycles.